The molecule has 1 N–H and O–H groups in total. The molecular weight excluding hydrogens is 1220 g/mol. The summed E-state index contributed by atoms with van der Waals surface area (Å²) in [7, 11) is 0. The van der Waals surface area contributed by atoms with E-state index < -0.39 is 34.1 Å². The molecule has 15 nitrogen and oxygen atoms in total. The molecule has 3 aliphatic heterocycles. The van der Waals surface area contributed by atoms with Crippen molar-refractivity contribution in [2.45, 2.75) is 123 Å². The number of halogens is 6. The minimum absolute atomic E-state index is 0. The van der Waals surface area contributed by atoms with Gasteiger partial charge in [0.15, 0.2) is 5.13 Å². The summed E-state index contributed by atoms with van der Waals surface area (Å²) in [5, 5.41) is 21.9. The van der Waals surface area contributed by atoms with Gasteiger partial charge in [0.2, 0.25) is 0 Å². The molecule has 83 heavy (non-hydrogen) atoms. The Balaban J connectivity index is 0.000000182. The van der Waals surface area contributed by atoms with Crippen LogP contribution >= 0.6 is 46.1 Å². The van der Waals surface area contributed by atoms with Crippen molar-refractivity contribution in [1.29, 1.82) is 0 Å². The van der Waals surface area contributed by atoms with Gasteiger partial charge in [-0.1, -0.05) is 86.8 Å². The van der Waals surface area contributed by atoms with E-state index in [-0.39, 0.29) is 131 Å². The molecule has 13 rings (SSSR count). The number of para-hydroxylation sites is 1. The summed E-state index contributed by atoms with van der Waals surface area (Å²) in [6.45, 7) is 2.78. The van der Waals surface area contributed by atoms with E-state index in [0.29, 0.717) is 66.3 Å². The van der Waals surface area contributed by atoms with Crippen LogP contribution in [0.1, 0.15) is 97.0 Å². The maximum absolute atomic E-state index is 13.1. The molecule has 3 unspecified atom stereocenters. The zero-order valence-electron chi connectivity index (χ0n) is 45.0. The normalized spacial score (nSPS) is 19.7. The number of hydrogen-bond donors (Lipinski definition) is 1. The number of aromatic nitrogens is 3. The Morgan fingerprint density at radius 2 is 1.39 bits per heavy atom. The third kappa shape index (κ3) is 13.5. The summed E-state index contributed by atoms with van der Waals surface area (Å²) in [6, 6.07) is 26.8. The Morgan fingerprint density at radius 1 is 0.759 bits per heavy atom. The van der Waals surface area contributed by atoms with Crippen LogP contribution in [0.15, 0.2) is 116 Å². The van der Waals surface area contributed by atoms with Crippen molar-refractivity contribution in [1.82, 2.24) is 15.3 Å². The first-order valence-electron chi connectivity index (χ1n) is 26.1. The molecule has 5 aromatic carbocycles. The molecule has 26 heteroatoms. The molecule has 3 saturated heterocycles. The number of thiazole rings is 1. The number of β-amino-alcohol motifs (C(OH)–C–C–N with tert-alkyl or cyclic N) is 1. The number of benzene rings is 5. The van der Waals surface area contributed by atoms with E-state index in [1.807, 2.05) is 11.8 Å². The first-order chi connectivity index (χ1) is 38.9. The molecule has 2 bridgehead atoms. The van der Waals surface area contributed by atoms with E-state index in [1.165, 1.54) is 29.5 Å². The van der Waals surface area contributed by atoms with Crippen LogP contribution in [-0.4, -0.2) is 75.6 Å². The number of nitrogens with zero attached hydrogens (tertiary/aromatic N) is 5. The molecule has 3 aromatic heterocycles. The summed E-state index contributed by atoms with van der Waals surface area (Å²) in [4.78, 5) is 9.61. The Hall–Kier alpha value is -3.59. The third-order valence-electron chi connectivity index (χ3n) is 15.4. The van der Waals surface area contributed by atoms with Crippen LogP contribution in [0.2, 0.25) is 15.1 Å². The van der Waals surface area contributed by atoms with Crippen molar-refractivity contribution in [3.8, 4) is 34.0 Å². The second-order valence-corrected chi connectivity index (χ2v) is 25.1. The van der Waals surface area contributed by atoms with Crippen molar-refractivity contribution in [3.05, 3.63) is 146 Å². The standard InChI is InChI=1S/C29H28F3N3O5S2.C28H23Cl3N2O5S.2Na/c1-15-10-20(42(36)37)13-24-25(15)33-28(41-24)35-17-8-9-18(35)12-19(11-17)38-14-22-26(34-40-27(22)16-6-7-16)21-4-2-3-5-23(21)39-29(30,31)32;29-22-5-2-6-23(30)25(22)26-20(27(38-32-26)16-7-8-16)13-37-18-9-10-21(24(31)12-18)28(34)14-33(15-28)17-3-1-4-19(11-17)39(35)36;;/h2-5,10,13,16-19H,6-9,11-12,14H2,1H3,(H,36,37);1-6,9-12,16,34H,7-8,13-15H2,(H,35,36);;/q;;2*+1/p-2/t17-,18+,19?;;;. The van der Waals surface area contributed by atoms with Crippen LogP contribution < -0.4 is 78.4 Å². The van der Waals surface area contributed by atoms with Crippen molar-refractivity contribution in [2.75, 3.05) is 22.9 Å². The first-order valence-corrected chi connectivity index (χ1v) is 30.2. The maximum Gasteiger partial charge on any atom is 1.00 e. The topological polar surface area (TPSA) is 200 Å². The van der Waals surface area contributed by atoms with Gasteiger partial charge >= 0.3 is 65.5 Å². The predicted octanol–water partition coefficient (Wildman–Crippen LogP) is 7.70. The quantitative estimate of drug-likeness (QED) is 0.0729. The fraction of sp³-hybridized carbons (Fsp3) is 0.351. The number of fused-ring (bicyclic) bond motifs is 3. The molecule has 5 fully saturated rings. The molecule has 0 spiro atoms. The fourth-order valence-electron chi connectivity index (χ4n) is 11.2. The summed E-state index contributed by atoms with van der Waals surface area (Å²) in [6.07, 6.45) is 2.63. The summed E-state index contributed by atoms with van der Waals surface area (Å²) in [5.41, 5.74) is 4.94. The van der Waals surface area contributed by atoms with E-state index in [4.69, 9.17) is 58.3 Å². The molecule has 2 saturated carbocycles. The monoisotopic (exact) mass is 1270 g/mol. The second kappa shape index (κ2) is 25.6. The molecule has 8 aromatic rings. The summed E-state index contributed by atoms with van der Waals surface area (Å²) in [5.74, 6) is 2.14. The number of alkyl halides is 3. The minimum atomic E-state index is -4.83. The minimum Gasteiger partial charge on any atom is -0.768 e. The molecular formula is C57H49Cl3F3N5Na2O10S3. The Morgan fingerprint density at radius 3 is 2.01 bits per heavy atom. The average Bonchev–Trinajstić information content (AvgIpc) is 4.35. The number of anilines is 2. The van der Waals surface area contributed by atoms with Gasteiger partial charge < -0.3 is 47.3 Å². The van der Waals surface area contributed by atoms with Gasteiger partial charge in [0.25, 0.3) is 0 Å². The number of rotatable bonds is 16. The van der Waals surface area contributed by atoms with E-state index in [2.05, 4.69) is 20.0 Å². The van der Waals surface area contributed by atoms with Crippen LogP contribution in [0.25, 0.3) is 32.7 Å². The van der Waals surface area contributed by atoms with Gasteiger partial charge in [0.1, 0.15) is 46.6 Å². The van der Waals surface area contributed by atoms with Gasteiger partial charge in [-0.25, -0.2) is 4.98 Å². The molecule has 2 aliphatic carbocycles. The molecule has 0 radical (unpaired) electrons. The van der Waals surface area contributed by atoms with Gasteiger partial charge in [0.05, 0.1) is 56.6 Å². The summed E-state index contributed by atoms with van der Waals surface area (Å²) < 4.78 is 114. The van der Waals surface area contributed by atoms with Gasteiger partial charge in [0, 0.05) is 61.7 Å². The molecule has 424 valence electrons. The van der Waals surface area contributed by atoms with E-state index in [1.54, 1.807) is 78.9 Å². The van der Waals surface area contributed by atoms with Crippen molar-refractivity contribution in [3.63, 3.8) is 0 Å². The SMILES string of the molecule is Cc1cc(S(=O)[O-])cc2sc(N3[C@@H]4CC[C@H]3CC(OCc3c(-c5ccccc5OC(F)(F)F)noc3C3CC3)C4)nc12.O=S([O-])c1cccc(N2CC(O)(c3ccc(OCc4c(-c5c(Cl)cccc5Cl)noc4C4CC4)cc3Cl)C2)c1.[Na+].[Na+]. The first kappa shape index (κ1) is 62.5. The largest absolute Gasteiger partial charge is 1.00 e. The second-order valence-electron chi connectivity index (χ2n) is 21.0. The van der Waals surface area contributed by atoms with Crippen LogP contribution in [-0.2, 0) is 45.7 Å². The van der Waals surface area contributed by atoms with E-state index in [0.717, 1.165) is 83.6 Å². The zero-order chi connectivity index (χ0) is 56.5. The smallest absolute Gasteiger partial charge is 0.768 e. The molecule has 5 atom stereocenters. The van der Waals surface area contributed by atoms with Crippen LogP contribution in [0.4, 0.5) is 24.0 Å². The van der Waals surface area contributed by atoms with Crippen molar-refractivity contribution in [2.24, 2.45) is 0 Å². The molecule has 5 aliphatic rings. The van der Waals surface area contributed by atoms with E-state index in [9.17, 15) is 35.8 Å². The third-order valence-corrected chi connectivity index (χ3v) is 18.6. The number of ether oxygens (including phenoxy) is 3. The predicted molar refractivity (Wildman–Crippen MR) is 299 cm³/mol. The van der Waals surface area contributed by atoms with Gasteiger partial charge in [-0.05, 0) is 153 Å². The van der Waals surface area contributed by atoms with Crippen LogP contribution in [0.5, 0.6) is 11.5 Å². The maximum atomic E-state index is 13.1. The Kier molecular flexibility index (Phi) is 19.3. The number of piperidine rings is 1. The zero-order valence-corrected chi connectivity index (χ0v) is 53.7. The molecule has 6 heterocycles. The van der Waals surface area contributed by atoms with Crippen LogP contribution in [0.3, 0.4) is 0 Å². The van der Waals surface area contributed by atoms with E-state index >= 15 is 0 Å². The van der Waals surface area contributed by atoms with Gasteiger partial charge in [-0.15, -0.1) is 13.2 Å². The number of aryl methyl sites for hydroxylation is 1. The van der Waals surface area contributed by atoms with Gasteiger partial charge in [-0.3, -0.25) is 8.42 Å². The fourth-order valence-corrected chi connectivity index (χ4v) is 14.4. The van der Waals surface area contributed by atoms with Crippen molar-refractivity contribution >= 4 is 89.3 Å². The number of hydrogen-bond acceptors (Lipinski definition) is 16. The Labute approximate surface area is 543 Å². The Bertz CT molecular complexity index is 3720. The van der Waals surface area contributed by atoms with Crippen molar-refractivity contribution < 1.29 is 118 Å². The average molecular weight is 1270 g/mol. The van der Waals surface area contributed by atoms with Crippen LogP contribution in [0, 0.1) is 6.92 Å². The number of aliphatic hydroxyl groups is 1. The summed E-state index contributed by atoms with van der Waals surface area (Å²) >= 11 is 16.4. The van der Waals surface area contributed by atoms with Gasteiger partial charge in [-0.2, -0.15) is 0 Å². The molecule has 0 amide bonds.